The summed E-state index contributed by atoms with van der Waals surface area (Å²) in [7, 11) is 0. The van der Waals surface area contributed by atoms with Crippen LogP contribution < -0.4 is 0 Å². The molecule has 19 heavy (non-hydrogen) atoms. The van der Waals surface area contributed by atoms with Gasteiger partial charge in [-0.15, -0.1) is 0 Å². The van der Waals surface area contributed by atoms with Crippen molar-refractivity contribution in [3.63, 3.8) is 0 Å². The maximum Gasteiger partial charge on any atom is 0.0704 e. The number of hydrogen-bond donors (Lipinski definition) is 0. The Balaban J connectivity index is 2.39. The van der Waals surface area contributed by atoms with Gasteiger partial charge in [0, 0.05) is 6.20 Å². The van der Waals surface area contributed by atoms with Crippen LogP contribution in [0.1, 0.15) is 12.6 Å². The summed E-state index contributed by atoms with van der Waals surface area (Å²) in [6.45, 7) is 5.70. The summed E-state index contributed by atoms with van der Waals surface area (Å²) in [5.41, 5.74) is 4.45. The molecule has 0 aliphatic rings. The van der Waals surface area contributed by atoms with Gasteiger partial charge in [0.1, 0.15) is 0 Å². The van der Waals surface area contributed by atoms with Crippen LogP contribution in [0, 0.1) is 0 Å². The van der Waals surface area contributed by atoms with E-state index < -0.39 is 0 Å². The topological polar surface area (TPSA) is 12.9 Å². The number of nitrogens with zero attached hydrogens (tertiary/aromatic N) is 1. The van der Waals surface area contributed by atoms with Gasteiger partial charge in [-0.05, 0) is 35.8 Å². The maximum atomic E-state index is 4.44. The van der Waals surface area contributed by atoms with Crippen molar-refractivity contribution in [2.45, 2.75) is 6.92 Å². The van der Waals surface area contributed by atoms with Crippen molar-refractivity contribution in [1.29, 1.82) is 0 Å². The Labute approximate surface area is 114 Å². The Bertz CT molecular complexity index is 607. The summed E-state index contributed by atoms with van der Waals surface area (Å²) in [5.74, 6) is 0. The molecule has 0 radical (unpaired) electrons. The first kappa shape index (κ1) is 13.0. The number of rotatable bonds is 4. The smallest absolute Gasteiger partial charge is 0.0704 e. The van der Waals surface area contributed by atoms with E-state index in [-0.39, 0.29) is 0 Å². The molecule has 0 saturated carbocycles. The SMILES string of the molecule is C=C/C=C\C(=C/C)c1cc(-c2ccccc2)ccn1. The lowest BCUT2D eigenvalue weighted by Crippen LogP contribution is -1.88. The van der Waals surface area contributed by atoms with Crippen LogP contribution in [0.15, 0.2) is 79.5 Å². The van der Waals surface area contributed by atoms with Gasteiger partial charge in [-0.3, -0.25) is 4.98 Å². The first-order chi connectivity index (χ1) is 9.35. The fraction of sp³-hybridized carbons (Fsp3) is 0.0556. The van der Waals surface area contributed by atoms with Crippen molar-refractivity contribution in [2.75, 3.05) is 0 Å². The second-order valence-electron chi connectivity index (χ2n) is 4.13. The van der Waals surface area contributed by atoms with E-state index in [1.165, 1.54) is 11.1 Å². The van der Waals surface area contributed by atoms with Gasteiger partial charge in [0.05, 0.1) is 5.69 Å². The summed E-state index contributed by atoms with van der Waals surface area (Å²) >= 11 is 0. The van der Waals surface area contributed by atoms with Crippen LogP contribution >= 0.6 is 0 Å². The molecule has 0 spiro atoms. The predicted octanol–water partition coefficient (Wildman–Crippen LogP) is 4.89. The molecule has 2 aromatic rings. The van der Waals surface area contributed by atoms with Gasteiger partial charge < -0.3 is 0 Å². The van der Waals surface area contributed by atoms with E-state index in [4.69, 9.17) is 0 Å². The van der Waals surface area contributed by atoms with Crippen LogP contribution in [0.2, 0.25) is 0 Å². The van der Waals surface area contributed by atoms with Crippen LogP contribution in [0.25, 0.3) is 16.7 Å². The molecule has 0 saturated heterocycles. The Hall–Kier alpha value is -2.41. The number of pyridine rings is 1. The molecular weight excluding hydrogens is 230 g/mol. The molecule has 2 rings (SSSR count). The average Bonchev–Trinajstić information content (AvgIpc) is 2.49. The van der Waals surface area contributed by atoms with E-state index in [0.29, 0.717) is 0 Å². The molecule has 0 unspecified atom stereocenters. The molecule has 0 N–H and O–H groups in total. The molecule has 0 fully saturated rings. The molecule has 94 valence electrons. The molecular formula is C18H17N. The quantitative estimate of drug-likeness (QED) is 0.701. The summed E-state index contributed by atoms with van der Waals surface area (Å²) in [5, 5.41) is 0. The van der Waals surface area contributed by atoms with Gasteiger partial charge in [-0.25, -0.2) is 0 Å². The standard InChI is InChI=1S/C18H17N/c1-3-5-9-15(4-2)18-14-17(12-13-19-18)16-10-7-6-8-11-16/h3-14H,1H2,2H3/b9-5-,15-4+. The third-order valence-electron chi connectivity index (χ3n) is 2.89. The zero-order valence-corrected chi connectivity index (χ0v) is 11.1. The highest BCUT2D eigenvalue weighted by Gasteiger charge is 2.02. The fourth-order valence-corrected chi connectivity index (χ4v) is 1.90. The van der Waals surface area contributed by atoms with Crippen LogP contribution in [-0.2, 0) is 0 Å². The summed E-state index contributed by atoms with van der Waals surface area (Å²) in [6.07, 6.45) is 9.61. The van der Waals surface area contributed by atoms with Crippen molar-refractivity contribution in [3.8, 4) is 11.1 Å². The summed E-state index contributed by atoms with van der Waals surface area (Å²) in [6, 6.07) is 14.5. The highest BCUT2D eigenvalue weighted by molar-refractivity contribution is 5.75. The number of benzene rings is 1. The number of aromatic nitrogens is 1. The fourth-order valence-electron chi connectivity index (χ4n) is 1.90. The lowest BCUT2D eigenvalue weighted by Gasteiger charge is -2.05. The van der Waals surface area contributed by atoms with Crippen LogP contribution in [0.5, 0.6) is 0 Å². The maximum absolute atomic E-state index is 4.44. The second kappa shape index (κ2) is 6.50. The lowest BCUT2D eigenvalue weighted by atomic mass is 10.0. The van der Waals surface area contributed by atoms with E-state index in [9.17, 15) is 0 Å². The Morgan fingerprint density at radius 1 is 1.11 bits per heavy atom. The van der Waals surface area contributed by atoms with Crippen LogP contribution in [0.4, 0.5) is 0 Å². The largest absolute Gasteiger partial charge is 0.256 e. The third-order valence-corrected chi connectivity index (χ3v) is 2.89. The van der Waals surface area contributed by atoms with Gasteiger partial charge >= 0.3 is 0 Å². The zero-order valence-electron chi connectivity index (χ0n) is 11.1. The van der Waals surface area contributed by atoms with Crippen molar-refractivity contribution >= 4 is 5.57 Å². The Kier molecular flexibility index (Phi) is 4.46. The first-order valence-electron chi connectivity index (χ1n) is 6.32. The van der Waals surface area contributed by atoms with Gasteiger partial charge in [0.15, 0.2) is 0 Å². The van der Waals surface area contributed by atoms with Gasteiger partial charge in [-0.1, -0.05) is 61.2 Å². The van der Waals surface area contributed by atoms with E-state index in [2.05, 4.69) is 35.8 Å². The zero-order chi connectivity index (χ0) is 13.5. The normalized spacial score (nSPS) is 11.7. The molecule has 1 heterocycles. The van der Waals surface area contributed by atoms with Crippen molar-refractivity contribution in [1.82, 2.24) is 4.98 Å². The molecule has 1 heteroatoms. The van der Waals surface area contributed by atoms with E-state index >= 15 is 0 Å². The van der Waals surface area contributed by atoms with Crippen molar-refractivity contribution in [2.24, 2.45) is 0 Å². The minimum absolute atomic E-state index is 0.974. The Morgan fingerprint density at radius 3 is 2.58 bits per heavy atom. The predicted molar refractivity (Wildman–Crippen MR) is 82.7 cm³/mol. The minimum Gasteiger partial charge on any atom is -0.256 e. The highest BCUT2D eigenvalue weighted by atomic mass is 14.7. The summed E-state index contributed by atoms with van der Waals surface area (Å²) < 4.78 is 0. The van der Waals surface area contributed by atoms with E-state index in [1.54, 1.807) is 6.08 Å². The van der Waals surface area contributed by atoms with Gasteiger partial charge in [0.2, 0.25) is 0 Å². The van der Waals surface area contributed by atoms with E-state index in [0.717, 1.165) is 11.3 Å². The van der Waals surface area contributed by atoms with Crippen LogP contribution in [0.3, 0.4) is 0 Å². The molecule has 0 bridgehead atoms. The third kappa shape index (κ3) is 3.29. The minimum atomic E-state index is 0.974. The van der Waals surface area contributed by atoms with E-state index in [1.807, 2.05) is 49.5 Å². The highest BCUT2D eigenvalue weighted by Crippen LogP contribution is 2.22. The van der Waals surface area contributed by atoms with Crippen molar-refractivity contribution in [3.05, 3.63) is 85.2 Å². The summed E-state index contributed by atoms with van der Waals surface area (Å²) in [4.78, 5) is 4.44. The number of allylic oxidation sites excluding steroid dienone is 5. The number of hydrogen-bond acceptors (Lipinski definition) is 1. The van der Waals surface area contributed by atoms with Crippen LogP contribution in [-0.4, -0.2) is 4.98 Å². The molecule has 1 aromatic heterocycles. The molecule has 0 aliphatic carbocycles. The molecule has 0 atom stereocenters. The first-order valence-corrected chi connectivity index (χ1v) is 6.32. The lowest BCUT2D eigenvalue weighted by molar-refractivity contribution is 1.28. The molecule has 0 amide bonds. The van der Waals surface area contributed by atoms with Crippen molar-refractivity contribution < 1.29 is 0 Å². The molecule has 1 aromatic carbocycles. The van der Waals surface area contributed by atoms with Gasteiger partial charge in [0.25, 0.3) is 0 Å². The Morgan fingerprint density at radius 2 is 1.89 bits per heavy atom. The monoisotopic (exact) mass is 247 g/mol. The molecule has 0 aliphatic heterocycles. The average molecular weight is 247 g/mol. The second-order valence-corrected chi connectivity index (χ2v) is 4.13. The van der Waals surface area contributed by atoms with Gasteiger partial charge in [-0.2, -0.15) is 0 Å². The molecule has 1 nitrogen and oxygen atoms in total.